The van der Waals surface area contributed by atoms with Crippen LogP contribution in [0.4, 0.5) is 4.39 Å². The van der Waals surface area contributed by atoms with Crippen LogP contribution in [-0.4, -0.2) is 31.4 Å². The normalized spacial score (nSPS) is 12.2. The largest absolute Gasteiger partial charge is 0.468 e. The van der Waals surface area contributed by atoms with Crippen molar-refractivity contribution in [2.75, 3.05) is 19.4 Å². The Kier molecular flexibility index (Phi) is 7.52. The smallest absolute Gasteiger partial charge is 0.322 e. The van der Waals surface area contributed by atoms with Crippen LogP contribution >= 0.6 is 11.8 Å². The van der Waals surface area contributed by atoms with Crippen LogP contribution in [0, 0.1) is 5.82 Å². The van der Waals surface area contributed by atoms with Crippen LogP contribution in [0.15, 0.2) is 29.2 Å². The van der Waals surface area contributed by atoms with Gasteiger partial charge in [-0.3, -0.25) is 4.79 Å². The zero-order valence-corrected chi connectivity index (χ0v) is 12.1. The van der Waals surface area contributed by atoms with Crippen molar-refractivity contribution in [2.45, 2.75) is 30.7 Å². The van der Waals surface area contributed by atoms with Crippen LogP contribution in [0.2, 0.25) is 0 Å². The molecule has 1 aromatic carbocycles. The van der Waals surface area contributed by atoms with E-state index in [4.69, 9.17) is 4.74 Å². The van der Waals surface area contributed by atoms with Crippen molar-refractivity contribution < 1.29 is 13.9 Å². The van der Waals surface area contributed by atoms with Gasteiger partial charge in [0, 0.05) is 10.6 Å². The molecule has 1 rings (SSSR count). The Morgan fingerprint density at radius 1 is 1.42 bits per heavy atom. The summed E-state index contributed by atoms with van der Waals surface area (Å²) in [5.41, 5.74) is 0. The first-order valence-corrected chi connectivity index (χ1v) is 7.35. The van der Waals surface area contributed by atoms with Gasteiger partial charge in [-0.15, -0.1) is 11.8 Å². The Hall–Kier alpha value is -1.07. The topological polar surface area (TPSA) is 38.3 Å². The van der Waals surface area contributed by atoms with Gasteiger partial charge < -0.3 is 10.1 Å². The SMILES string of the molecule is CCCNC(CCSc1ccc(F)cc1)C(=O)OC. The second kappa shape index (κ2) is 8.93. The van der Waals surface area contributed by atoms with E-state index >= 15 is 0 Å². The lowest BCUT2D eigenvalue weighted by Gasteiger charge is -2.15. The number of rotatable bonds is 8. The number of ether oxygens (including phenoxy) is 1. The first kappa shape index (κ1) is 16.0. The van der Waals surface area contributed by atoms with Crippen LogP contribution in [0.5, 0.6) is 0 Å². The standard InChI is InChI=1S/C14H20FNO2S/c1-3-9-16-13(14(17)18-2)8-10-19-12-6-4-11(15)5-7-12/h4-7,13,16H,3,8-10H2,1-2H3. The fraction of sp³-hybridized carbons (Fsp3) is 0.500. The maximum absolute atomic E-state index is 12.7. The van der Waals surface area contributed by atoms with Crippen molar-refractivity contribution in [1.82, 2.24) is 5.32 Å². The number of carbonyl (C=O) groups excluding carboxylic acids is 1. The molecule has 0 saturated heterocycles. The van der Waals surface area contributed by atoms with Gasteiger partial charge >= 0.3 is 5.97 Å². The molecule has 0 spiro atoms. The number of esters is 1. The third kappa shape index (κ3) is 6.07. The van der Waals surface area contributed by atoms with E-state index < -0.39 is 0 Å². The Bertz CT molecular complexity index is 384. The number of halogens is 1. The van der Waals surface area contributed by atoms with E-state index in [2.05, 4.69) is 12.2 Å². The predicted molar refractivity (Wildman–Crippen MR) is 75.8 cm³/mol. The minimum Gasteiger partial charge on any atom is -0.468 e. The number of benzene rings is 1. The van der Waals surface area contributed by atoms with Crippen molar-refractivity contribution in [3.05, 3.63) is 30.1 Å². The Morgan fingerprint density at radius 3 is 2.68 bits per heavy atom. The van der Waals surface area contributed by atoms with Gasteiger partial charge in [0.25, 0.3) is 0 Å². The summed E-state index contributed by atoms with van der Waals surface area (Å²) in [5.74, 6) is 0.317. The van der Waals surface area contributed by atoms with E-state index in [0.29, 0.717) is 6.42 Å². The van der Waals surface area contributed by atoms with E-state index in [1.54, 1.807) is 23.9 Å². The summed E-state index contributed by atoms with van der Waals surface area (Å²) < 4.78 is 17.5. The van der Waals surface area contributed by atoms with Gasteiger partial charge in [0.2, 0.25) is 0 Å². The Labute approximate surface area is 117 Å². The van der Waals surface area contributed by atoms with Crippen LogP contribution in [0.25, 0.3) is 0 Å². The third-order valence-corrected chi connectivity index (χ3v) is 3.66. The summed E-state index contributed by atoms with van der Waals surface area (Å²) in [6.07, 6.45) is 1.66. The minimum absolute atomic E-state index is 0.229. The average molecular weight is 285 g/mol. The van der Waals surface area contributed by atoms with E-state index in [1.807, 2.05) is 0 Å². The lowest BCUT2D eigenvalue weighted by atomic mass is 10.2. The second-order valence-electron chi connectivity index (χ2n) is 4.12. The number of nitrogens with one attached hydrogen (secondary N) is 1. The Balaban J connectivity index is 2.38. The Morgan fingerprint density at radius 2 is 2.11 bits per heavy atom. The van der Waals surface area contributed by atoms with Gasteiger partial charge in [0.1, 0.15) is 11.9 Å². The van der Waals surface area contributed by atoms with Crippen molar-refractivity contribution in [2.24, 2.45) is 0 Å². The molecule has 1 aromatic rings. The molecule has 0 aliphatic heterocycles. The monoisotopic (exact) mass is 285 g/mol. The van der Waals surface area contributed by atoms with Gasteiger partial charge in [-0.05, 0) is 43.7 Å². The average Bonchev–Trinajstić information content (AvgIpc) is 2.43. The molecular weight excluding hydrogens is 265 g/mol. The predicted octanol–water partition coefficient (Wildman–Crippen LogP) is 2.85. The molecule has 0 aromatic heterocycles. The van der Waals surface area contributed by atoms with Gasteiger partial charge in [-0.25, -0.2) is 4.39 Å². The summed E-state index contributed by atoms with van der Waals surface area (Å²) in [7, 11) is 1.40. The molecule has 3 nitrogen and oxygen atoms in total. The van der Waals surface area contributed by atoms with Crippen LogP contribution in [0.3, 0.4) is 0 Å². The number of hydrogen-bond donors (Lipinski definition) is 1. The van der Waals surface area contributed by atoms with Gasteiger partial charge in [0.05, 0.1) is 7.11 Å². The lowest BCUT2D eigenvalue weighted by Crippen LogP contribution is -2.38. The number of methoxy groups -OCH3 is 1. The molecule has 0 saturated carbocycles. The molecule has 0 aliphatic carbocycles. The van der Waals surface area contributed by atoms with Crippen molar-refractivity contribution in [3.63, 3.8) is 0 Å². The molecule has 1 unspecified atom stereocenters. The molecule has 0 bridgehead atoms. The van der Waals surface area contributed by atoms with Crippen molar-refractivity contribution in [3.8, 4) is 0 Å². The van der Waals surface area contributed by atoms with Gasteiger partial charge in [-0.2, -0.15) is 0 Å². The highest BCUT2D eigenvalue weighted by Gasteiger charge is 2.17. The van der Waals surface area contributed by atoms with E-state index in [0.717, 1.165) is 23.6 Å². The van der Waals surface area contributed by atoms with Crippen LogP contribution in [0.1, 0.15) is 19.8 Å². The molecule has 1 atom stereocenters. The number of hydrogen-bond acceptors (Lipinski definition) is 4. The zero-order valence-electron chi connectivity index (χ0n) is 11.3. The molecular formula is C14H20FNO2S. The maximum Gasteiger partial charge on any atom is 0.322 e. The van der Waals surface area contributed by atoms with E-state index in [1.165, 1.54) is 19.2 Å². The minimum atomic E-state index is -0.266. The van der Waals surface area contributed by atoms with Crippen LogP contribution < -0.4 is 5.32 Å². The molecule has 0 amide bonds. The highest BCUT2D eigenvalue weighted by molar-refractivity contribution is 7.99. The lowest BCUT2D eigenvalue weighted by molar-refractivity contribution is -0.143. The summed E-state index contributed by atoms with van der Waals surface area (Å²) in [4.78, 5) is 12.6. The molecule has 0 heterocycles. The molecule has 5 heteroatoms. The van der Waals surface area contributed by atoms with Gasteiger partial charge in [0.15, 0.2) is 0 Å². The van der Waals surface area contributed by atoms with Crippen molar-refractivity contribution >= 4 is 17.7 Å². The first-order chi connectivity index (χ1) is 9.17. The zero-order chi connectivity index (χ0) is 14.1. The molecule has 0 aliphatic rings. The summed E-state index contributed by atoms with van der Waals surface area (Å²) >= 11 is 1.60. The van der Waals surface area contributed by atoms with E-state index in [9.17, 15) is 9.18 Å². The highest BCUT2D eigenvalue weighted by Crippen LogP contribution is 2.19. The second-order valence-corrected chi connectivity index (χ2v) is 5.29. The molecule has 106 valence electrons. The third-order valence-electron chi connectivity index (χ3n) is 2.62. The fourth-order valence-electron chi connectivity index (χ4n) is 1.59. The summed E-state index contributed by atoms with van der Waals surface area (Å²) in [6, 6.07) is 6.10. The molecule has 0 radical (unpaired) electrons. The summed E-state index contributed by atoms with van der Waals surface area (Å²) in [5, 5.41) is 3.17. The number of carbonyl (C=O) groups is 1. The number of thioether (sulfide) groups is 1. The first-order valence-electron chi connectivity index (χ1n) is 6.37. The molecule has 1 N–H and O–H groups in total. The van der Waals surface area contributed by atoms with E-state index in [-0.39, 0.29) is 17.8 Å². The quantitative estimate of drug-likeness (QED) is 0.589. The molecule has 19 heavy (non-hydrogen) atoms. The summed E-state index contributed by atoms with van der Waals surface area (Å²) in [6.45, 7) is 2.84. The van der Waals surface area contributed by atoms with Gasteiger partial charge in [-0.1, -0.05) is 6.92 Å². The maximum atomic E-state index is 12.7. The van der Waals surface area contributed by atoms with Crippen LogP contribution in [-0.2, 0) is 9.53 Å². The highest BCUT2D eigenvalue weighted by atomic mass is 32.2. The molecule has 0 fully saturated rings. The fourth-order valence-corrected chi connectivity index (χ4v) is 2.51. The van der Waals surface area contributed by atoms with Crippen molar-refractivity contribution in [1.29, 1.82) is 0 Å².